The zero-order chi connectivity index (χ0) is 38.5. The molecule has 1 heteroatoms. The average Bonchev–Trinajstić information content (AvgIpc) is 3.63. The van der Waals surface area contributed by atoms with Crippen molar-refractivity contribution < 1.29 is 0 Å². The summed E-state index contributed by atoms with van der Waals surface area (Å²) < 4.78 is 0. The number of rotatable bonds is 5. The second-order valence-corrected chi connectivity index (χ2v) is 16.9. The average molecular weight is 730 g/mol. The largest absolute Gasteiger partial charge is 0.309 e. The molecule has 11 rings (SSSR count). The lowest BCUT2D eigenvalue weighted by atomic mass is 9.82. The van der Waals surface area contributed by atoms with E-state index in [1.165, 1.54) is 94.0 Å². The van der Waals surface area contributed by atoms with E-state index in [1.54, 1.807) is 0 Å². The molecule has 2 aliphatic rings. The van der Waals surface area contributed by atoms with E-state index in [1.807, 2.05) is 0 Å². The molecular weight excluding hydrogens is 687 g/mol. The summed E-state index contributed by atoms with van der Waals surface area (Å²) in [6.07, 6.45) is 0. The monoisotopic (exact) mass is 729 g/mol. The molecule has 0 aromatic heterocycles. The van der Waals surface area contributed by atoms with E-state index in [0.717, 1.165) is 11.4 Å². The Morgan fingerprint density at radius 3 is 1.61 bits per heavy atom. The molecular formula is C56H43N. The molecule has 0 heterocycles. The quantitative estimate of drug-likeness (QED) is 0.170. The van der Waals surface area contributed by atoms with E-state index in [-0.39, 0.29) is 10.8 Å². The van der Waals surface area contributed by atoms with E-state index in [9.17, 15) is 0 Å². The summed E-state index contributed by atoms with van der Waals surface area (Å²) in [6.45, 7) is 9.51. The Morgan fingerprint density at radius 1 is 0.333 bits per heavy atom. The van der Waals surface area contributed by atoms with E-state index in [0.29, 0.717) is 0 Å². The third kappa shape index (κ3) is 4.95. The van der Waals surface area contributed by atoms with E-state index < -0.39 is 0 Å². The first kappa shape index (κ1) is 33.6. The molecule has 0 fully saturated rings. The predicted molar refractivity (Wildman–Crippen MR) is 242 cm³/mol. The Hall–Kier alpha value is -6.70. The van der Waals surface area contributed by atoms with Crippen LogP contribution in [-0.4, -0.2) is 0 Å². The zero-order valence-corrected chi connectivity index (χ0v) is 32.8. The maximum Gasteiger partial charge on any atom is 0.0543 e. The first-order chi connectivity index (χ1) is 27.8. The van der Waals surface area contributed by atoms with Crippen molar-refractivity contribution in [1.82, 2.24) is 0 Å². The minimum atomic E-state index is -0.141. The molecule has 9 aromatic rings. The summed E-state index contributed by atoms with van der Waals surface area (Å²) in [6, 6.07) is 70.3. The number of nitrogens with zero attached hydrogens (tertiary/aromatic N) is 1. The van der Waals surface area contributed by atoms with Gasteiger partial charge in [-0.3, -0.25) is 0 Å². The van der Waals surface area contributed by atoms with Crippen molar-refractivity contribution in [2.75, 3.05) is 4.90 Å². The van der Waals surface area contributed by atoms with Gasteiger partial charge in [0.1, 0.15) is 0 Å². The van der Waals surface area contributed by atoms with E-state index in [4.69, 9.17) is 0 Å². The molecule has 0 unspecified atom stereocenters. The van der Waals surface area contributed by atoms with Crippen molar-refractivity contribution >= 4 is 38.6 Å². The summed E-state index contributed by atoms with van der Waals surface area (Å²) in [7, 11) is 0. The molecule has 2 aliphatic carbocycles. The lowest BCUT2D eigenvalue weighted by Crippen LogP contribution is -2.18. The second-order valence-electron chi connectivity index (χ2n) is 16.9. The van der Waals surface area contributed by atoms with Gasteiger partial charge >= 0.3 is 0 Å². The molecule has 0 amide bonds. The van der Waals surface area contributed by atoms with Crippen LogP contribution in [0.3, 0.4) is 0 Å². The minimum Gasteiger partial charge on any atom is -0.309 e. The number of hydrogen-bond acceptors (Lipinski definition) is 1. The van der Waals surface area contributed by atoms with Gasteiger partial charge in [0.25, 0.3) is 0 Å². The van der Waals surface area contributed by atoms with Gasteiger partial charge in [-0.1, -0.05) is 185 Å². The number of fused-ring (bicyclic) bond motifs is 8. The molecule has 0 spiro atoms. The molecule has 0 bridgehead atoms. The van der Waals surface area contributed by atoms with Gasteiger partial charge in [-0.15, -0.1) is 0 Å². The maximum absolute atomic E-state index is 2.57. The molecule has 0 atom stereocenters. The van der Waals surface area contributed by atoms with Gasteiger partial charge in [0.15, 0.2) is 0 Å². The topological polar surface area (TPSA) is 3.24 Å². The standard InChI is InChI=1S/C56H43N/c1-55(2)49-27-12-10-23-46(49)54-50(55)28-15-29-53(54)57(39-31-32-45-44-22-9-11-26-48(44)56(3,4)51(45)35-39)52-33-30-38(42-24-13-18-36-16-5-7-20-40(36)42)34-47(52)43-25-14-19-37-17-6-8-21-41(37)43/h5-35H,1-4H3. The van der Waals surface area contributed by atoms with E-state index in [2.05, 4.69) is 221 Å². The van der Waals surface area contributed by atoms with Crippen LogP contribution in [0.5, 0.6) is 0 Å². The Kier molecular flexibility index (Phi) is 7.32. The van der Waals surface area contributed by atoms with Gasteiger partial charge in [0.05, 0.1) is 11.4 Å². The summed E-state index contributed by atoms with van der Waals surface area (Å²) >= 11 is 0. The molecule has 9 aromatic carbocycles. The van der Waals surface area contributed by atoms with Gasteiger partial charge in [-0.25, -0.2) is 0 Å². The van der Waals surface area contributed by atoms with Crippen LogP contribution in [0.15, 0.2) is 188 Å². The van der Waals surface area contributed by atoms with Crippen molar-refractivity contribution in [3.05, 3.63) is 210 Å². The SMILES string of the molecule is CC1(C)c2ccccc2-c2ccc(N(c3ccc(-c4cccc5ccccc45)cc3-c3cccc4ccccc34)c3cccc4c3-c3ccccc3C4(C)C)cc21. The normalized spacial score (nSPS) is 14.2. The van der Waals surface area contributed by atoms with Crippen LogP contribution in [0.1, 0.15) is 49.9 Å². The molecule has 0 N–H and O–H groups in total. The van der Waals surface area contributed by atoms with Gasteiger partial charge in [-0.05, 0) is 108 Å². The lowest BCUT2D eigenvalue weighted by molar-refractivity contribution is 0.660. The van der Waals surface area contributed by atoms with Crippen LogP contribution in [-0.2, 0) is 10.8 Å². The van der Waals surface area contributed by atoms with Crippen LogP contribution in [0.2, 0.25) is 0 Å². The summed E-state index contributed by atoms with van der Waals surface area (Å²) in [4.78, 5) is 2.57. The van der Waals surface area contributed by atoms with Crippen LogP contribution in [0.25, 0.3) is 66.1 Å². The van der Waals surface area contributed by atoms with Crippen molar-refractivity contribution in [3.8, 4) is 44.5 Å². The summed E-state index contributed by atoms with van der Waals surface area (Å²) in [5.41, 5.74) is 18.8. The fraction of sp³-hybridized carbons (Fsp3) is 0.107. The van der Waals surface area contributed by atoms with Crippen molar-refractivity contribution in [2.45, 2.75) is 38.5 Å². The number of anilines is 3. The van der Waals surface area contributed by atoms with Gasteiger partial charge < -0.3 is 4.90 Å². The van der Waals surface area contributed by atoms with Crippen LogP contribution >= 0.6 is 0 Å². The molecule has 1 nitrogen and oxygen atoms in total. The summed E-state index contributed by atoms with van der Waals surface area (Å²) in [5, 5.41) is 4.98. The van der Waals surface area contributed by atoms with Gasteiger partial charge in [-0.2, -0.15) is 0 Å². The molecule has 272 valence electrons. The molecule has 0 saturated heterocycles. The van der Waals surface area contributed by atoms with Crippen molar-refractivity contribution in [1.29, 1.82) is 0 Å². The Labute approximate surface area is 335 Å². The Morgan fingerprint density at radius 2 is 0.860 bits per heavy atom. The molecule has 57 heavy (non-hydrogen) atoms. The van der Waals surface area contributed by atoms with Gasteiger partial charge in [0, 0.05) is 27.6 Å². The fourth-order valence-electron chi connectivity index (χ4n) is 10.2. The number of benzene rings is 9. The maximum atomic E-state index is 2.57. The molecule has 0 aliphatic heterocycles. The predicted octanol–water partition coefficient (Wildman–Crippen LogP) is 15.4. The van der Waals surface area contributed by atoms with E-state index >= 15 is 0 Å². The second kappa shape index (κ2) is 12.4. The highest BCUT2D eigenvalue weighted by Crippen LogP contribution is 2.57. The first-order valence-electron chi connectivity index (χ1n) is 20.2. The highest BCUT2D eigenvalue weighted by atomic mass is 15.1. The number of hydrogen-bond donors (Lipinski definition) is 0. The highest BCUT2D eigenvalue weighted by molar-refractivity contribution is 6.06. The highest BCUT2D eigenvalue weighted by Gasteiger charge is 2.39. The molecule has 0 saturated carbocycles. The smallest absolute Gasteiger partial charge is 0.0543 e. The zero-order valence-electron chi connectivity index (χ0n) is 32.8. The van der Waals surface area contributed by atoms with Crippen LogP contribution in [0.4, 0.5) is 17.1 Å². The summed E-state index contributed by atoms with van der Waals surface area (Å²) in [5.74, 6) is 0. The lowest BCUT2D eigenvalue weighted by Gasteiger charge is -2.32. The van der Waals surface area contributed by atoms with Crippen LogP contribution in [0, 0.1) is 0 Å². The fourth-order valence-corrected chi connectivity index (χ4v) is 10.2. The van der Waals surface area contributed by atoms with Crippen molar-refractivity contribution in [3.63, 3.8) is 0 Å². The van der Waals surface area contributed by atoms with Gasteiger partial charge in [0.2, 0.25) is 0 Å². The molecule has 0 radical (unpaired) electrons. The minimum absolute atomic E-state index is 0.133. The third-order valence-corrected chi connectivity index (χ3v) is 13.1. The third-order valence-electron chi connectivity index (χ3n) is 13.1. The Bertz CT molecular complexity index is 3080. The first-order valence-corrected chi connectivity index (χ1v) is 20.2. The van der Waals surface area contributed by atoms with Crippen LogP contribution < -0.4 is 4.90 Å². The Balaban J connectivity index is 1.24. The van der Waals surface area contributed by atoms with Crippen molar-refractivity contribution in [2.24, 2.45) is 0 Å².